The molecule has 1 unspecified atom stereocenters. The molecule has 1 rings (SSSR count). The van der Waals surface area contributed by atoms with Crippen molar-refractivity contribution in [3.05, 3.63) is 25.9 Å². The largest absolute Gasteiger partial charge is 0.367 e. The van der Waals surface area contributed by atoms with Crippen molar-refractivity contribution in [2.45, 2.75) is 4.21 Å². The molecular weight excluding hydrogens is 337 g/mol. The van der Waals surface area contributed by atoms with Crippen LogP contribution in [0.4, 0.5) is 0 Å². The molecule has 0 bridgehead atoms. The lowest BCUT2D eigenvalue weighted by atomic mass is 10.1. The number of pyridine rings is 1. The van der Waals surface area contributed by atoms with Crippen LogP contribution in [0.2, 0.25) is 20.4 Å². The zero-order valence-electron chi connectivity index (χ0n) is 7.27. The van der Waals surface area contributed by atoms with E-state index < -0.39 is 10.1 Å². The number of primary amides is 1. The molecule has 0 aliphatic rings. The molecular formula is C7H3Cl5N2OS. The van der Waals surface area contributed by atoms with E-state index in [4.69, 9.17) is 63.7 Å². The zero-order chi connectivity index (χ0) is 12.7. The fourth-order valence-corrected chi connectivity index (χ4v) is 2.55. The van der Waals surface area contributed by atoms with Crippen LogP contribution in [-0.2, 0) is 9.00 Å². The number of hydrogen-bond donors (Lipinski definition) is 2. The normalized spacial score (nSPS) is 14.6. The molecule has 0 radical (unpaired) electrons. The highest BCUT2D eigenvalue weighted by Crippen LogP contribution is 2.45. The van der Waals surface area contributed by atoms with Gasteiger partial charge in [0, 0.05) is 5.56 Å². The molecule has 1 aromatic heterocycles. The number of carbonyl (C=O) groups excluding carboxylic acids is 1. The Morgan fingerprint density at radius 2 is 1.56 bits per heavy atom. The third-order valence-electron chi connectivity index (χ3n) is 1.66. The second kappa shape index (κ2) is 4.96. The van der Waals surface area contributed by atoms with Gasteiger partial charge in [0.2, 0.25) is 0 Å². The van der Waals surface area contributed by atoms with Crippen molar-refractivity contribution in [2.24, 2.45) is 5.73 Å². The highest BCUT2D eigenvalue weighted by atomic mass is 35.5. The average Bonchev–Trinajstić information content (AvgIpc) is 2.14. The van der Waals surface area contributed by atoms with Crippen LogP contribution in [0.25, 0.3) is 0 Å². The van der Waals surface area contributed by atoms with E-state index in [-0.39, 0.29) is 25.9 Å². The van der Waals surface area contributed by atoms with Crippen molar-refractivity contribution in [3.8, 4) is 0 Å². The number of alkyl halides is 1. The molecule has 16 heavy (non-hydrogen) atoms. The summed E-state index contributed by atoms with van der Waals surface area (Å²) in [5.41, 5.74) is 4.98. The van der Waals surface area contributed by atoms with E-state index in [1.807, 2.05) is 0 Å². The number of thiol groups is 1. The van der Waals surface area contributed by atoms with Crippen LogP contribution < -0.4 is 5.73 Å². The number of rotatable bonds is 2. The van der Waals surface area contributed by atoms with Crippen molar-refractivity contribution >= 4 is 76.5 Å². The van der Waals surface area contributed by atoms with E-state index in [2.05, 4.69) is 17.6 Å². The summed E-state index contributed by atoms with van der Waals surface area (Å²) >= 11 is 32.7. The van der Waals surface area contributed by atoms with Crippen LogP contribution >= 0.6 is 70.6 Å². The summed E-state index contributed by atoms with van der Waals surface area (Å²) < 4.78 is -1.91. The minimum atomic E-state index is -1.91. The lowest BCUT2D eigenvalue weighted by molar-refractivity contribution is -0.118. The summed E-state index contributed by atoms with van der Waals surface area (Å²) in [7, 11) is 0. The van der Waals surface area contributed by atoms with Crippen molar-refractivity contribution in [2.75, 3.05) is 0 Å². The number of hydrogen-bond acceptors (Lipinski definition) is 3. The third-order valence-corrected chi connectivity index (χ3v) is 3.95. The molecule has 1 atom stereocenters. The zero-order valence-corrected chi connectivity index (χ0v) is 11.9. The highest BCUT2D eigenvalue weighted by molar-refractivity contribution is 7.83. The van der Waals surface area contributed by atoms with Gasteiger partial charge in [0.05, 0.1) is 10.0 Å². The number of halogens is 5. The molecule has 9 heteroatoms. The summed E-state index contributed by atoms with van der Waals surface area (Å²) in [6.07, 6.45) is 0. The predicted molar refractivity (Wildman–Crippen MR) is 70.0 cm³/mol. The molecule has 1 amide bonds. The van der Waals surface area contributed by atoms with Gasteiger partial charge in [-0.1, -0.05) is 58.0 Å². The minimum absolute atomic E-state index is 0.0849. The van der Waals surface area contributed by atoms with Crippen LogP contribution in [-0.4, -0.2) is 10.9 Å². The molecule has 2 N–H and O–H groups in total. The van der Waals surface area contributed by atoms with E-state index in [0.29, 0.717) is 0 Å². The van der Waals surface area contributed by atoms with Gasteiger partial charge in [-0.15, -0.1) is 12.6 Å². The number of amides is 1. The molecule has 88 valence electrons. The van der Waals surface area contributed by atoms with Gasteiger partial charge >= 0.3 is 0 Å². The number of nitrogens with zero attached hydrogens (tertiary/aromatic N) is 1. The maximum absolute atomic E-state index is 11.1. The molecule has 0 aromatic carbocycles. The van der Waals surface area contributed by atoms with Gasteiger partial charge in [-0.25, -0.2) is 4.98 Å². The third kappa shape index (κ3) is 2.47. The Balaban J connectivity index is 3.62. The molecule has 0 aliphatic heterocycles. The first-order valence-electron chi connectivity index (χ1n) is 3.61. The Hall–Kier alpha value is 0.420. The molecule has 1 aromatic rings. The van der Waals surface area contributed by atoms with E-state index in [1.54, 1.807) is 0 Å². The lowest BCUT2D eigenvalue weighted by Gasteiger charge is -2.20. The summed E-state index contributed by atoms with van der Waals surface area (Å²) in [5, 5.41) is -0.544. The van der Waals surface area contributed by atoms with Crippen LogP contribution in [0.3, 0.4) is 0 Å². The first-order chi connectivity index (χ1) is 7.19. The van der Waals surface area contributed by atoms with Crippen molar-refractivity contribution < 1.29 is 4.79 Å². The van der Waals surface area contributed by atoms with Crippen molar-refractivity contribution in [1.82, 2.24) is 4.98 Å². The first kappa shape index (κ1) is 14.5. The molecule has 0 spiro atoms. The molecule has 0 fully saturated rings. The predicted octanol–water partition coefficient (Wildman–Crippen LogP) is 3.50. The monoisotopic (exact) mass is 338 g/mol. The quantitative estimate of drug-likeness (QED) is 0.492. The van der Waals surface area contributed by atoms with Gasteiger partial charge in [0.25, 0.3) is 5.91 Å². The molecule has 1 heterocycles. The average molecular weight is 340 g/mol. The van der Waals surface area contributed by atoms with Gasteiger partial charge in [0.1, 0.15) is 10.3 Å². The Kier molecular flexibility index (Phi) is 4.49. The van der Waals surface area contributed by atoms with Crippen molar-refractivity contribution in [3.63, 3.8) is 0 Å². The topological polar surface area (TPSA) is 56.0 Å². The molecule has 3 nitrogen and oxygen atoms in total. The number of carbonyl (C=O) groups is 1. The fraction of sp³-hybridized carbons (Fsp3) is 0.143. The van der Waals surface area contributed by atoms with Gasteiger partial charge in [-0.2, -0.15) is 0 Å². The summed E-state index contributed by atoms with van der Waals surface area (Å²) in [6.45, 7) is 0. The Bertz CT molecular complexity index is 438. The van der Waals surface area contributed by atoms with E-state index in [1.165, 1.54) is 0 Å². The number of nitrogens with two attached hydrogens (primary N) is 1. The summed E-state index contributed by atoms with van der Waals surface area (Å²) in [6, 6.07) is 0. The number of aromatic nitrogens is 1. The molecule has 0 saturated heterocycles. The summed E-state index contributed by atoms with van der Waals surface area (Å²) in [4.78, 5) is 14.8. The van der Waals surface area contributed by atoms with Gasteiger partial charge in [0.15, 0.2) is 4.21 Å². The highest BCUT2D eigenvalue weighted by Gasteiger charge is 2.38. The molecule has 0 aliphatic carbocycles. The SMILES string of the molecule is NC(=O)C(S)(Cl)c1c(Cl)c(Cl)nc(Cl)c1Cl. The second-order valence-corrected chi connectivity index (χ2v) is 5.66. The summed E-state index contributed by atoms with van der Waals surface area (Å²) in [5.74, 6) is -0.959. The Morgan fingerprint density at radius 3 is 1.88 bits per heavy atom. The second-order valence-electron chi connectivity index (χ2n) is 2.68. The van der Waals surface area contributed by atoms with E-state index in [0.717, 1.165) is 0 Å². The maximum atomic E-state index is 11.1. The standard InChI is InChI=1S/C7H3Cl5N2OS/c8-2-1(7(12,16)6(13)15)3(9)5(11)14-4(2)10/h16H,(H2,13,15). The van der Waals surface area contributed by atoms with Crippen LogP contribution in [0.1, 0.15) is 5.56 Å². The first-order valence-corrected chi connectivity index (χ1v) is 5.95. The van der Waals surface area contributed by atoms with Crippen LogP contribution in [0, 0.1) is 0 Å². The van der Waals surface area contributed by atoms with Gasteiger partial charge < -0.3 is 5.73 Å². The van der Waals surface area contributed by atoms with Crippen LogP contribution in [0.5, 0.6) is 0 Å². The van der Waals surface area contributed by atoms with E-state index in [9.17, 15) is 4.79 Å². The van der Waals surface area contributed by atoms with Crippen molar-refractivity contribution in [1.29, 1.82) is 0 Å². The Labute approximate surface area is 122 Å². The van der Waals surface area contributed by atoms with Gasteiger partial charge in [-0.05, 0) is 0 Å². The smallest absolute Gasteiger partial charge is 0.253 e. The van der Waals surface area contributed by atoms with Gasteiger partial charge in [-0.3, -0.25) is 4.79 Å². The Morgan fingerprint density at radius 1 is 1.19 bits per heavy atom. The minimum Gasteiger partial charge on any atom is -0.367 e. The maximum Gasteiger partial charge on any atom is 0.253 e. The van der Waals surface area contributed by atoms with E-state index >= 15 is 0 Å². The lowest BCUT2D eigenvalue weighted by Crippen LogP contribution is -2.31. The fourth-order valence-electron chi connectivity index (χ4n) is 0.901. The molecule has 0 saturated carbocycles. The van der Waals surface area contributed by atoms with Crippen LogP contribution in [0.15, 0.2) is 0 Å².